The Bertz CT molecular complexity index is 626. The van der Waals surface area contributed by atoms with E-state index in [1.807, 2.05) is 24.3 Å². The molecule has 0 amide bonds. The lowest BCUT2D eigenvalue weighted by Gasteiger charge is -2.30. The van der Waals surface area contributed by atoms with Crippen molar-refractivity contribution in [3.63, 3.8) is 0 Å². The molecule has 0 heterocycles. The van der Waals surface area contributed by atoms with Gasteiger partial charge in [-0.15, -0.1) is 0 Å². The molecular formula is C20H29NO6. The molecule has 0 fully saturated rings. The van der Waals surface area contributed by atoms with Crippen LogP contribution in [0.2, 0.25) is 0 Å². The van der Waals surface area contributed by atoms with Crippen molar-refractivity contribution in [2.75, 3.05) is 13.7 Å². The van der Waals surface area contributed by atoms with E-state index in [4.69, 9.17) is 9.47 Å². The molecule has 1 aromatic carbocycles. The van der Waals surface area contributed by atoms with Crippen LogP contribution in [0.3, 0.4) is 0 Å². The van der Waals surface area contributed by atoms with Crippen molar-refractivity contribution in [3.8, 4) is 5.75 Å². The topological polar surface area (TPSA) is 105 Å². The molecule has 7 heteroatoms. The zero-order chi connectivity index (χ0) is 20.4. The third-order valence-electron chi connectivity index (χ3n) is 4.28. The van der Waals surface area contributed by atoms with Crippen molar-refractivity contribution in [1.82, 2.24) is 5.32 Å². The SMILES string of the molecule is CCOC(=O)/C=C/[C@H](C)[C@@H](NCc1ccc(OC)cc1)[C@H](C(=O)O)[C@@H](C)O. The Balaban J connectivity index is 2.94. The molecule has 0 spiro atoms. The highest BCUT2D eigenvalue weighted by Gasteiger charge is 2.34. The van der Waals surface area contributed by atoms with Crippen LogP contribution in [0.1, 0.15) is 26.3 Å². The summed E-state index contributed by atoms with van der Waals surface area (Å²) in [5.74, 6) is -2.22. The molecule has 1 rings (SSSR count). The highest BCUT2D eigenvalue weighted by Crippen LogP contribution is 2.20. The fraction of sp³-hybridized carbons (Fsp3) is 0.500. The van der Waals surface area contributed by atoms with E-state index < -0.39 is 30.0 Å². The average Bonchev–Trinajstić information content (AvgIpc) is 2.63. The molecule has 27 heavy (non-hydrogen) atoms. The van der Waals surface area contributed by atoms with Gasteiger partial charge >= 0.3 is 11.9 Å². The summed E-state index contributed by atoms with van der Waals surface area (Å²) in [5.41, 5.74) is 0.942. The quantitative estimate of drug-likeness (QED) is 0.399. The lowest BCUT2D eigenvalue weighted by atomic mass is 9.85. The lowest BCUT2D eigenvalue weighted by Crippen LogP contribution is -2.48. The van der Waals surface area contributed by atoms with Crippen LogP contribution in [0, 0.1) is 11.8 Å². The van der Waals surface area contributed by atoms with Crippen molar-refractivity contribution in [2.45, 2.75) is 39.5 Å². The van der Waals surface area contributed by atoms with E-state index in [1.165, 1.54) is 13.0 Å². The van der Waals surface area contributed by atoms with E-state index in [9.17, 15) is 19.8 Å². The second-order valence-electron chi connectivity index (χ2n) is 6.33. The maximum Gasteiger partial charge on any atom is 0.330 e. The number of rotatable bonds is 11. The molecule has 0 saturated heterocycles. The van der Waals surface area contributed by atoms with Crippen LogP contribution in [0.15, 0.2) is 36.4 Å². The fourth-order valence-corrected chi connectivity index (χ4v) is 2.82. The van der Waals surface area contributed by atoms with Crippen molar-refractivity contribution in [1.29, 1.82) is 0 Å². The van der Waals surface area contributed by atoms with Gasteiger partial charge in [-0.1, -0.05) is 25.1 Å². The van der Waals surface area contributed by atoms with E-state index in [1.54, 1.807) is 27.0 Å². The van der Waals surface area contributed by atoms with E-state index in [0.717, 1.165) is 11.3 Å². The molecule has 0 aliphatic rings. The number of carbonyl (C=O) groups excluding carboxylic acids is 1. The third kappa shape index (κ3) is 7.40. The number of benzene rings is 1. The summed E-state index contributed by atoms with van der Waals surface area (Å²) in [6, 6.07) is 6.80. The number of carboxylic acid groups (broad SMARTS) is 1. The Morgan fingerprint density at radius 1 is 1.22 bits per heavy atom. The summed E-state index contributed by atoms with van der Waals surface area (Å²) < 4.78 is 9.98. The Morgan fingerprint density at radius 2 is 1.85 bits per heavy atom. The number of ether oxygens (including phenoxy) is 2. The minimum atomic E-state index is -1.10. The number of carboxylic acids is 1. The summed E-state index contributed by atoms with van der Waals surface area (Å²) in [4.78, 5) is 23.2. The van der Waals surface area contributed by atoms with Crippen LogP contribution in [0.5, 0.6) is 5.75 Å². The molecule has 0 aliphatic carbocycles. The minimum Gasteiger partial charge on any atom is -0.497 e. The normalized spacial score (nSPS) is 15.7. The molecule has 7 nitrogen and oxygen atoms in total. The van der Waals surface area contributed by atoms with Crippen molar-refractivity contribution < 1.29 is 29.3 Å². The third-order valence-corrected chi connectivity index (χ3v) is 4.28. The number of hydrogen-bond donors (Lipinski definition) is 3. The highest BCUT2D eigenvalue weighted by atomic mass is 16.5. The first-order valence-corrected chi connectivity index (χ1v) is 8.92. The van der Waals surface area contributed by atoms with Gasteiger partial charge in [-0.3, -0.25) is 4.79 Å². The minimum absolute atomic E-state index is 0.266. The van der Waals surface area contributed by atoms with Crippen LogP contribution in [-0.2, 0) is 20.9 Å². The lowest BCUT2D eigenvalue weighted by molar-refractivity contribution is -0.147. The molecule has 0 aliphatic heterocycles. The number of methoxy groups -OCH3 is 1. The number of carbonyl (C=O) groups is 2. The van der Waals surface area contributed by atoms with Gasteiger partial charge in [0.15, 0.2) is 0 Å². The molecular weight excluding hydrogens is 350 g/mol. The van der Waals surface area contributed by atoms with Crippen molar-refractivity contribution >= 4 is 11.9 Å². The van der Waals surface area contributed by atoms with Gasteiger partial charge < -0.3 is 25.0 Å². The number of aliphatic carboxylic acids is 1. The van der Waals surface area contributed by atoms with Gasteiger partial charge in [0.2, 0.25) is 0 Å². The molecule has 0 bridgehead atoms. The van der Waals surface area contributed by atoms with Gasteiger partial charge in [0.1, 0.15) is 5.75 Å². The van der Waals surface area contributed by atoms with E-state index in [0.29, 0.717) is 6.54 Å². The Morgan fingerprint density at radius 3 is 2.33 bits per heavy atom. The molecule has 1 aromatic rings. The van der Waals surface area contributed by atoms with E-state index >= 15 is 0 Å². The van der Waals surface area contributed by atoms with Gasteiger partial charge in [0.05, 0.1) is 25.7 Å². The molecule has 4 atom stereocenters. The molecule has 3 N–H and O–H groups in total. The smallest absolute Gasteiger partial charge is 0.330 e. The van der Waals surface area contributed by atoms with Gasteiger partial charge in [0.25, 0.3) is 0 Å². The van der Waals surface area contributed by atoms with E-state index in [2.05, 4.69) is 5.32 Å². The van der Waals surface area contributed by atoms with Crippen LogP contribution >= 0.6 is 0 Å². The predicted molar refractivity (Wildman–Crippen MR) is 101 cm³/mol. The predicted octanol–water partition coefficient (Wildman–Crippen LogP) is 1.99. The number of aliphatic hydroxyl groups is 1. The standard InChI is InChI=1S/C20H29NO6/c1-5-27-17(23)11-6-13(2)19(18(14(3)22)20(24)25)21-12-15-7-9-16(26-4)10-8-15/h6-11,13-14,18-19,21-22H,5,12H2,1-4H3,(H,24,25)/b11-6+/t13-,14+,18+,19+/m0/s1. The first-order valence-electron chi connectivity index (χ1n) is 8.92. The highest BCUT2D eigenvalue weighted by molar-refractivity contribution is 5.82. The van der Waals surface area contributed by atoms with Crippen LogP contribution in [-0.4, -0.2) is 48.0 Å². The average molecular weight is 379 g/mol. The fourth-order valence-electron chi connectivity index (χ4n) is 2.82. The van der Waals surface area contributed by atoms with Gasteiger partial charge in [-0.05, 0) is 37.5 Å². The van der Waals surface area contributed by atoms with Crippen molar-refractivity contribution in [3.05, 3.63) is 42.0 Å². The maximum absolute atomic E-state index is 11.7. The number of aliphatic hydroxyl groups excluding tert-OH is 1. The molecule has 150 valence electrons. The first-order chi connectivity index (χ1) is 12.8. The largest absolute Gasteiger partial charge is 0.497 e. The van der Waals surface area contributed by atoms with E-state index in [-0.39, 0.29) is 12.5 Å². The van der Waals surface area contributed by atoms with Crippen LogP contribution in [0.25, 0.3) is 0 Å². The molecule has 0 unspecified atom stereocenters. The summed E-state index contributed by atoms with van der Waals surface area (Å²) in [5, 5.41) is 22.7. The van der Waals surface area contributed by atoms with Crippen molar-refractivity contribution in [2.24, 2.45) is 11.8 Å². The van der Waals surface area contributed by atoms with Crippen LogP contribution < -0.4 is 10.1 Å². The van der Waals surface area contributed by atoms with Gasteiger partial charge in [-0.25, -0.2) is 4.79 Å². The summed E-state index contributed by atoms with van der Waals surface area (Å²) >= 11 is 0. The summed E-state index contributed by atoms with van der Waals surface area (Å²) in [6.45, 7) is 5.62. The molecule has 0 saturated carbocycles. The van der Waals surface area contributed by atoms with Crippen LogP contribution in [0.4, 0.5) is 0 Å². The number of esters is 1. The zero-order valence-corrected chi connectivity index (χ0v) is 16.2. The summed E-state index contributed by atoms with van der Waals surface area (Å²) in [7, 11) is 1.58. The van der Waals surface area contributed by atoms with Gasteiger partial charge in [0, 0.05) is 18.7 Å². The second kappa shape index (κ2) is 11.4. The first kappa shape index (κ1) is 22.7. The monoisotopic (exact) mass is 379 g/mol. The second-order valence-corrected chi connectivity index (χ2v) is 6.33. The Kier molecular flexibility index (Phi) is 9.53. The zero-order valence-electron chi connectivity index (χ0n) is 16.2. The summed E-state index contributed by atoms with van der Waals surface area (Å²) in [6.07, 6.45) is 1.83. The Labute approximate surface area is 160 Å². The van der Waals surface area contributed by atoms with Gasteiger partial charge in [-0.2, -0.15) is 0 Å². The maximum atomic E-state index is 11.7. The molecule has 0 radical (unpaired) electrons. The molecule has 0 aromatic heterocycles. The number of nitrogens with one attached hydrogen (secondary N) is 1. The number of hydrogen-bond acceptors (Lipinski definition) is 6. The Hall–Kier alpha value is -2.38.